The second kappa shape index (κ2) is 8.04. The Kier molecular flexibility index (Phi) is 7.04. The molecule has 8 heteroatoms. The molecule has 20 heavy (non-hydrogen) atoms. The Labute approximate surface area is 129 Å². The quantitative estimate of drug-likeness (QED) is 0.530. The van der Waals surface area contributed by atoms with E-state index >= 15 is 0 Å². The van der Waals surface area contributed by atoms with Crippen LogP contribution in [0.4, 0.5) is 0 Å². The fourth-order valence-corrected chi connectivity index (χ4v) is 3.84. The second-order valence-corrected chi connectivity index (χ2v) is 8.22. The van der Waals surface area contributed by atoms with Crippen molar-refractivity contribution in [1.29, 1.82) is 0 Å². The minimum absolute atomic E-state index is 0.207. The highest BCUT2D eigenvalue weighted by molar-refractivity contribution is 7.91. The summed E-state index contributed by atoms with van der Waals surface area (Å²) in [6.45, 7) is 5.72. The van der Waals surface area contributed by atoms with Gasteiger partial charge < -0.3 is 10.5 Å². The number of nitrogens with one attached hydrogen (secondary N) is 1. The number of thiocarbonyl (C=S) groups is 1. The van der Waals surface area contributed by atoms with Crippen LogP contribution in [-0.4, -0.2) is 33.2 Å². The lowest BCUT2D eigenvalue weighted by Crippen LogP contribution is -2.25. The summed E-state index contributed by atoms with van der Waals surface area (Å²) in [5.41, 5.74) is 5.46. The number of nitrogens with two attached hydrogens (primary N) is 1. The predicted molar refractivity (Wildman–Crippen MR) is 85.7 cm³/mol. The van der Waals surface area contributed by atoms with E-state index in [1.165, 1.54) is 6.07 Å². The third kappa shape index (κ3) is 5.84. The van der Waals surface area contributed by atoms with E-state index < -0.39 is 10.0 Å². The summed E-state index contributed by atoms with van der Waals surface area (Å²) in [7, 11) is -3.48. The van der Waals surface area contributed by atoms with Crippen LogP contribution in [0.25, 0.3) is 0 Å². The molecular weight excluding hydrogens is 316 g/mol. The maximum atomic E-state index is 12.0. The molecule has 0 amide bonds. The Morgan fingerprint density at radius 3 is 2.75 bits per heavy atom. The minimum atomic E-state index is -3.48. The molecule has 0 aliphatic carbocycles. The van der Waals surface area contributed by atoms with Gasteiger partial charge in [0.1, 0.15) is 9.20 Å². The van der Waals surface area contributed by atoms with Crippen LogP contribution < -0.4 is 10.5 Å². The van der Waals surface area contributed by atoms with E-state index in [4.69, 9.17) is 22.7 Å². The van der Waals surface area contributed by atoms with Crippen molar-refractivity contribution in [3.63, 3.8) is 0 Å². The average Bonchev–Trinajstić information content (AvgIpc) is 2.83. The van der Waals surface area contributed by atoms with Gasteiger partial charge in [0.2, 0.25) is 10.0 Å². The van der Waals surface area contributed by atoms with Gasteiger partial charge in [-0.3, -0.25) is 0 Å². The van der Waals surface area contributed by atoms with Crippen molar-refractivity contribution >= 4 is 38.6 Å². The van der Waals surface area contributed by atoms with Gasteiger partial charge in [0.25, 0.3) is 0 Å². The van der Waals surface area contributed by atoms with Crippen LogP contribution in [-0.2, 0) is 14.8 Å². The summed E-state index contributed by atoms with van der Waals surface area (Å²) >= 11 is 5.88. The molecule has 1 aromatic rings. The van der Waals surface area contributed by atoms with Crippen LogP contribution in [0.2, 0.25) is 0 Å². The molecule has 3 N–H and O–H groups in total. The van der Waals surface area contributed by atoms with Crippen molar-refractivity contribution in [2.24, 2.45) is 11.7 Å². The van der Waals surface area contributed by atoms with Gasteiger partial charge in [-0.15, -0.1) is 11.3 Å². The van der Waals surface area contributed by atoms with Gasteiger partial charge in [0, 0.05) is 19.8 Å². The smallest absolute Gasteiger partial charge is 0.250 e. The van der Waals surface area contributed by atoms with Crippen molar-refractivity contribution in [2.75, 3.05) is 19.8 Å². The first-order chi connectivity index (χ1) is 9.33. The molecule has 0 fully saturated rings. The summed E-state index contributed by atoms with van der Waals surface area (Å²) in [4.78, 5) is 0.805. The summed E-state index contributed by atoms with van der Waals surface area (Å²) in [6, 6.07) is 3.13. The van der Waals surface area contributed by atoms with Crippen molar-refractivity contribution in [3.05, 3.63) is 17.0 Å². The zero-order valence-corrected chi connectivity index (χ0v) is 14.0. The van der Waals surface area contributed by atoms with E-state index in [-0.39, 0.29) is 9.20 Å². The zero-order chi connectivity index (χ0) is 15.2. The largest absolute Gasteiger partial charge is 0.389 e. The molecule has 0 aliphatic heterocycles. The monoisotopic (exact) mass is 336 g/mol. The van der Waals surface area contributed by atoms with Gasteiger partial charge in [0.05, 0.1) is 4.88 Å². The van der Waals surface area contributed by atoms with Crippen LogP contribution in [0, 0.1) is 5.92 Å². The van der Waals surface area contributed by atoms with Crippen LogP contribution in [0.15, 0.2) is 16.3 Å². The summed E-state index contributed by atoms with van der Waals surface area (Å²) in [5.74, 6) is 0.483. The molecule has 0 bridgehead atoms. The number of ether oxygens (including phenoxy) is 1. The van der Waals surface area contributed by atoms with Crippen LogP contribution >= 0.6 is 23.6 Å². The SMILES string of the molecule is CC(C)COCCCNS(=O)(=O)c1ccc(C(N)=S)s1. The van der Waals surface area contributed by atoms with E-state index in [9.17, 15) is 8.42 Å². The molecule has 114 valence electrons. The number of hydrogen-bond acceptors (Lipinski definition) is 5. The highest BCUT2D eigenvalue weighted by Gasteiger charge is 2.16. The molecule has 0 spiro atoms. The minimum Gasteiger partial charge on any atom is -0.389 e. The van der Waals surface area contributed by atoms with Crippen LogP contribution in [0.3, 0.4) is 0 Å². The molecule has 0 unspecified atom stereocenters. The van der Waals surface area contributed by atoms with E-state index in [2.05, 4.69) is 18.6 Å². The fourth-order valence-electron chi connectivity index (χ4n) is 1.37. The van der Waals surface area contributed by atoms with E-state index in [1.54, 1.807) is 6.07 Å². The molecule has 0 aromatic carbocycles. The van der Waals surface area contributed by atoms with E-state index in [0.717, 1.165) is 11.3 Å². The molecule has 5 nitrogen and oxygen atoms in total. The van der Waals surface area contributed by atoms with Gasteiger partial charge in [0.15, 0.2) is 0 Å². The zero-order valence-electron chi connectivity index (χ0n) is 11.6. The third-order valence-corrected chi connectivity index (χ3v) is 5.72. The Hall–Kier alpha value is -0.540. The predicted octanol–water partition coefficient (Wildman–Crippen LogP) is 1.72. The van der Waals surface area contributed by atoms with Gasteiger partial charge >= 0.3 is 0 Å². The Balaban J connectivity index is 2.39. The van der Waals surface area contributed by atoms with E-state index in [0.29, 0.717) is 37.0 Å². The van der Waals surface area contributed by atoms with Crippen molar-refractivity contribution < 1.29 is 13.2 Å². The number of rotatable bonds is 9. The molecule has 0 radical (unpaired) electrons. The first-order valence-corrected chi connectivity index (χ1v) is 9.01. The second-order valence-electron chi connectivity index (χ2n) is 4.70. The van der Waals surface area contributed by atoms with Crippen molar-refractivity contribution in [3.8, 4) is 0 Å². The highest BCUT2D eigenvalue weighted by atomic mass is 32.2. The molecule has 1 rings (SSSR count). The third-order valence-electron chi connectivity index (χ3n) is 2.30. The maximum absolute atomic E-state index is 12.0. The van der Waals surface area contributed by atoms with Gasteiger partial charge in [-0.25, -0.2) is 13.1 Å². The number of sulfonamides is 1. The first kappa shape index (κ1) is 17.5. The molecule has 1 aromatic heterocycles. The summed E-state index contributed by atoms with van der Waals surface area (Å²) in [5, 5.41) is 0. The molecule has 1 heterocycles. The van der Waals surface area contributed by atoms with Crippen molar-refractivity contribution in [2.45, 2.75) is 24.5 Å². The number of thiophene rings is 1. The molecule has 0 saturated carbocycles. The molecule has 0 saturated heterocycles. The Morgan fingerprint density at radius 2 is 2.20 bits per heavy atom. The first-order valence-electron chi connectivity index (χ1n) is 6.30. The summed E-state index contributed by atoms with van der Waals surface area (Å²) in [6.07, 6.45) is 0.638. The summed E-state index contributed by atoms with van der Waals surface area (Å²) < 4.78 is 32.1. The standard InChI is InChI=1S/C12H20N2O3S3/c1-9(2)8-17-7-3-6-14-20(15,16)11-5-4-10(19-11)12(13)18/h4-5,9,14H,3,6-8H2,1-2H3,(H2,13,18). The van der Waals surface area contributed by atoms with Gasteiger partial charge in [-0.05, 0) is 24.5 Å². The Morgan fingerprint density at radius 1 is 1.50 bits per heavy atom. The molecule has 0 atom stereocenters. The lowest BCUT2D eigenvalue weighted by Gasteiger charge is -2.07. The average molecular weight is 337 g/mol. The maximum Gasteiger partial charge on any atom is 0.250 e. The van der Waals surface area contributed by atoms with Crippen LogP contribution in [0.5, 0.6) is 0 Å². The van der Waals surface area contributed by atoms with Gasteiger partial charge in [-0.2, -0.15) is 0 Å². The lowest BCUT2D eigenvalue weighted by atomic mass is 10.2. The topological polar surface area (TPSA) is 81.4 Å². The molecule has 0 aliphatic rings. The van der Waals surface area contributed by atoms with Crippen molar-refractivity contribution in [1.82, 2.24) is 4.72 Å². The Bertz CT molecular complexity index is 538. The molecular formula is C12H20N2O3S3. The van der Waals surface area contributed by atoms with E-state index in [1.807, 2.05) is 0 Å². The highest BCUT2D eigenvalue weighted by Crippen LogP contribution is 2.21. The lowest BCUT2D eigenvalue weighted by molar-refractivity contribution is 0.108. The van der Waals surface area contributed by atoms with Crippen LogP contribution in [0.1, 0.15) is 25.1 Å². The normalized spacial score (nSPS) is 11.9. The fraction of sp³-hybridized carbons (Fsp3) is 0.583. The van der Waals surface area contributed by atoms with Gasteiger partial charge in [-0.1, -0.05) is 26.1 Å². The number of hydrogen-bond donors (Lipinski definition) is 2.